The first-order valence-electron chi connectivity index (χ1n) is 2.84. The van der Waals surface area contributed by atoms with E-state index in [0.717, 1.165) is 0 Å². The summed E-state index contributed by atoms with van der Waals surface area (Å²) in [6.45, 7) is 1.82. The number of nitrogens with one attached hydrogen (secondary N) is 1. The van der Waals surface area contributed by atoms with Crippen molar-refractivity contribution in [1.82, 2.24) is 4.90 Å². The fourth-order valence-corrected chi connectivity index (χ4v) is 0.434. The molecule has 0 heterocycles. The molecule has 4 nitrogen and oxygen atoms in total. The van der Waals surface area contributed by atoms with Crippen LogP contribution in [0.25, 0.3) is 0 Å². The van der Waals surface area contributed by atoms with Gasteiger partial charge in [0.1, 0.15) is 6.23 Å². The molecule has 0 radical (unpaired) electrons. The van der Waals surface area contributed by atoms with Gasteiger partial charge in [-0.3, -0.25) is 5.41 Å². The molecule has 0 aromatic heterocycles. The van der Waals surface area contributed by atoms with E-state index in [9.17, 15) is 0 Å². The predicted molar refractivity (Wildman–Crippen MR) is 36.0 cm³/mol. The van der Waals surface area contributed by atoms with Gasteiger partial charge in [0.05, 0.1) is 0 Å². The molecule has 0 bridgehead atoms. The minimum atomic E-state index is -0.623. The standard InChI is InChI=1S/C5H13N3O/c1-3-4(9)8(2)5(6)7/h4,9H,3H2,1-2H3,(H3,6,7). The van der Waals surface area contributed by atoms with E-state index in [4.69, 9.17) is 16.2 Å². The van der Waals surface area contributed by atoms with Gasteiger partial charge in [-0.1, -0.05) is 6.92 Å². The lowest BCUT2D eigenvalue weighted by Crippen LogP contribution is -2.40. The maximum Gasteiger partial charge on any atom is 0.190 e. The van der Waals surface area contributed by atoms with Crippen molar-refractivity contribution in [3.05, 3.63) is 0 Å². The maximum absolute atomic E-state index is 9.00. The normalized spacial score (nSPS) is 12.8. The second-order valence-electron chi connectivity index (χ2n) is 1.89. The van der Waals surface area contributed by atoms with Crippen LogP contribution in [0.1, 0.15) is 13.3 Å². The van der Waals surface area contributed by atoms with Crippen LogP contribution in [-0.2, 0) is 0 Å². The highest BCUT2D eigenvalue weighted by molar-refractivity contribution is 5.74. The second-order valence-corrected chi connectivity index (χ2v) is 1.89. The summed E-state index contributed by atoms with van der Waals surface area (Å²) in [5.41, 5.74) is 5.06. The Labute approximate surface area is 54.8 Å². The lowest BCUT2D eigenvalue weighted by Gasteiger charge is -2.21. The van der Waals surface area contributed by atoms with Gasteiger partial charge in [-0.2, -0.15) is 0 Å². The molecule has 1 atom stereocenters. The highest BCUT2D eigenvalue weighted by Crippen LogP contribution is 1.93. The molecule has 9 heavy (non-hydrogen) atoms. The number of nitrogens with zero attached hydrogens (tertiary/aromatic N) is 1. The van der Waals surface area contributed by atoms with Crippen LogP contribution in [0.2, 0.25) is 0 Å². The van der Waals surface area contributed by atoms with Crippen LogP contribution in [0.3, 0.4) is 0 Å². The van der Waals surface area contributed by atoms with Crippen LogP contribution in [-0.4, -0.2) is 29.2 Å². The van der Waals surface area contributed by atoms with Gasteiger partial charge in [0.15, 0.2) is 5.96 Å². The largest absolute Gasteiger partial charge is 0.374 e. The van der Waals surface area contributed by atoms with E-state index in [1.807, 2.05) is 6.92 Å². The summed E-state index contributed by atoms with van der Waals surface area (Å²) in [6.07, 6.45) is -0.0432. The minimum Gasteiger partial charge on any atom is -0.374 e. The lowest BCUT2D eigenvalue weighted by atomic mass is 10.4. The molecule has 1 unspecified atom stereocenters. The highest BCUT2D eigenvalue weighted by Gasteiger charge is 2.07. The summed E-state index contributed by atoms with van der Waals surface area (Å²) in [6, 6.07) is 0. The number of nitrogens with two attached hydrogens (primary N) is 1. The molecule has 4 N–H and O–H groups in total. The molecule has 0 rings (SSSR count). The van der Waals surface area contributed by atoms with E-state index < -0.39 is 6.23 Å². The first-order valence-corrected chi connectivity index (χ1v) is 2.84. The third-order valence-electron chi connectivity index (χ3n) is 1.19. The molecule has 0 saturated heterocycles. The quantitative estimate of drug-likeness (QED) is 0.270. The molecule has 54 valence electrons. The molecule has 0 aliphatic heterocycles. The van der Waals surface area contributed by atoms with Crippen molar-refractivity contribution < 1.29 is 5.11 Å². The van der Waals surface area contributed by atoms with E-state index in [0.29, 0.717) is 6.42 Å². The first kappa shape index (κ1) is 8.23. The van der Waals surface area contributed by atoms with Crippen molar-refractivity contribution in [1.29, 1.82) is 5.41 Å². The van der Waals surface area contributed by atoms with Crippen molar-refractivity contribution in [2.45, 2.75) is 19.6 Å². The van der Waals surface area contributed by atoms with E-state index in [-0.39, 0.29) is 5.96 Å². The van der Waals surface area contributed by atoms with Crippen molar-refractivity contribution in [2.75, 3.05) is 7.05 Å². The summed E-state index contributed by atoms with van der Waals surface area (Å²) in [5.74, 6) is -0.107. The van der Waals surface area contributed by atoms with Gasteiger partial charge >= 0.3 is 0 Å². The van der Waals surface area contributed by atoms with Crippen LogP contribution < -0.4 is 5.73 Å². The molecule has 0 spiro atoms. The zero-order valence-electron chi connectivity index (χ0n) is 5.76. The summed E-state index contributed by atoms with van der Waals surface area (Å²) in [7, 11) is 1.58. The summed E-state index contributed by atoms with van der Waals surface area (Å²) < 4.78 is 0. The number of rotatable bonds is 2. The third-order valence-corrected chi connectivity index (χ3v) is 1.19. The van der Waals surface area contributed by atoms with Gasteiger partial charge in [-0.15, -0.1) is 0 Å². The molecule has 0 aromatic rings. The summed E-state index contributed by atoms with van der Waals surface area (Å²) in [4.78, 5) is 1.31. The SMILES string of the molecule is CCC(O)N(C)C(=N)N. The van der Waals surface area contributed by atoms with Gasteiger partial charge in [0.25, 0.3) is 0 Å². The fraction of sp³-hybridized carbons (Fsp3) is 0.800. The number of aliphatic hydroxyl groups excluding tert-OH is 1. The molecular formula is C5H13N3O. The summed E-state index contributed by atoms with van der Waals surface area (Å²) in [5, 5.41) is 15.9. The Bertz CT molecular complexity index is 104. The van der Waals surface area contributed by atoms with Gasteiger partial charge < -0.3 is 15.7 Å². The highest BCUT2D eigenvalue weighted by atomic mass is 16.3. The number of guanidine groups is 1. The first-order chi connectivity index (χ1) is 4.09. The number of hydrogen-bond acceptors (Lipinski definition) is 2. The Balaban J connectivity index is 3.72. The van der Waals surface area contributed by atoms with Crippen LogP contribution in [0.15, 0.2) is 0 Å². The Morgan fingerprint density at radius 1 is 1.89 bits per heavy atom. The van der Waals surface area contributed by atoms with Crippen LogP contribution in [0.4, 0.5) is 0 Å². The van der Waals surface area contributed by atoms with Gasteiger partial charge in [-0.05, 0) is 6.42 Å². The average molecular weight is 131 g/mol. The number of hydrogen-bond donors (Lipinski definition) is 3. The van der Waals surface area contributed by atoms with Crippen molar-refractivity contribution >= 4 is 5.96 Å². The number of aliphatic hydroxyl groups is 1. The van der Waals surface area contributed by atoms with Crippen molar-refractivity contribution in [2.24, 2.45) is 5.73 Å². The molecule has 0 aromatic carbocycles. The van der Waals surface area contributed by atoms with Gasteiger partial charge in [0, 0.05) is 7.05 Å². The minimum absolute atomic E-state index is 0.107. The van der Waals surface area contributed by atoms with Gasteiger partial charge in [-0.25, -0.2) is 0 Å². The Morgan fingerprint density at radius 3 is 2.44 bits per heavy atom. The molecule has 0 amide bonds. The molecule has 0 aliphatic carbocycles. The zero-order valence-corrected chi connectivity index (χ0v) is 5.76. The smallest absolute Gasteiger partial charge is 0.190 e. The van der Waals surface area contributed by atoms with E-state index >= 15 is 0 Å². The zero-order chi connectivity index (χ0) is 7.44. The topological polar surface area (TPSA) is 73.3 Å². The lowest BCUT2D eigenvalue weighted by molar-refractivity contribution is 0.0648. The second kappa shape index (κ2) is 3.29. The molecule has 0 fully saturated rings. The predicted octanol–water partition coefficient (Wildman–Crippen LogP) is -0.460. The monoisotopic (exact) mass is 131 g/mol. The Kier molecular flexibility index (Phi) is 3.01. The average Bonchev–Trinajstić information content (AvgIpc) is 1.84. The molecule has 0 aliphatic rings. The van der Waals surface area contributed by atoms with Gasteiger partial charge in [0.2, 0.25) is 0 Å². The molecule has 0 saturated carbocycles. The van der Waals surface area contributed by atoms with Crippen LogP contribution >= 0.6 is 0 Å². The summed E-state index contributed by atoms with van der Waals surface area (Å²) >= 11 is 0. The fourth-order valence-electron chi connectivity index (χ4n) is 0.434. The molecule has 4 heteroatoms. The van der Waals surface area contributed by atoms with E-state index in [2.05, 4.69) is 0 Å². The Hall–Kier alpha value is -0.770. The maximum atomic E-state index is 9.00. The van der Waals surface area contributed by atoms with Crippen molar-refractivity contribution in [3.63, 3.8) is 0 Å². The Morgan fingerprint density at radius 2 is 2.33 bits per heavy atom. The van der Waals surface area contributed by atoms with E-state index in [1.165, 1.54) is 4.90 Å². The van der Waals surface area contributed by atoms with Crippen LogP contribution in [0, 0.1) is 5.41 Å². The third kappa shape index (κ3) is 2.32. The van der Waals surface area contributed by atoms with Crippen LogP contribution in [0.5, 0.6) is 0 Å². The van der Waals surface area contributed by atoms with E-state index in [1.54, 1.807) is 7.05 Å². The van der Waals surface area contributed by atoms with Crippen molar-refractivity contribution in [3.8, 4) is 0 Å². The molecular weight excluding hydrogens is 118 g/mol.